The van der Waals surface area contributed by atoms with Gasteiger partial charge in [0.2, 0.25) is 10.0 Å². The Hall–Kier alpha value is -1.48. The molecular formula is C16H18ClN3O3S2. The molecule has 9 heteroatoms. The van der Waals surface area contributed by atoms with Crippen LogP contribution in [0.1, 0.15) is 16.1 Å². The number of carbonyl (C=O) groups excluding carboxylic acids is 1. The van der Waals surface area contributed by atoms with E-state index in [1.165, 1.54) is 16.6 Å². The van der Waals surface area contributed by atoms with Crippen molar-refractivity contribution in [3.63, 3.8) is 0 Å². The molecule has 134 valence electrons. The van der Waals surface area contributed by atoms with Crippen LogP contribution in [0.2, 0.25) is 5.02 Å². The number of aromatic amines is 1. The Morgan fingerprint density at radius 3 is 2.68 bits per heavy atom. The minimum Gasteiger partial charge on any atom is -0.356 e. The summed E-state index contributed by atoms with van der Waals surface area (Å²) in [5.41, 5.74) is 1.65. The number of halogens is 1. The lowest BCUT2D eigenvalue weighted by Crippen LogP contribution is -2.37. The van der Waals surface area contributed by atoms with E-state index in [1.807, 2.05) is 6.92 Å². The monoisotopic (exact) mass is 399 g/mol. The molecule has 6 nitrogen and oxygen atoms in total. The fourth-order valence-electron chi connectivity index (χ4n) is 2.55. The predicted molar refractivity (Wildman–Crippen MR) is 101 cm³/mol. The molecule has 0 unspecified atom stereocenters. The molecule has 1 fully saturated rings. The number of carbonyl (C=O) groups is 1. The Kier molecular flexibility index (Phi) is 5.43. The fraction of sp³-hybridized carbons (Fsp3) is 0.312. The quantitative estimate of drug-likeness (QED) is 0.828. The molecule has 1 amide bonds. The highest BCUT2D eigenvalue weighted by molar-refractivity contribution is 7.99. The molecule has 0 atom stereocenters. The fourth-order valence-corrected chi connectivity index (χ4v) is 5.34. The van der Waals surface area contributed by atoms with Crippen molar-refractivity contribution in [2.45, 2.75) is 11.8 Å². The molecule has 2 aromatic rings. The van der Waals surface area contributed by atoms with E-state index in [2.05, 4.69) is 10.3 Å². The third kappa shape index (κ3) is 4.03. The van der Waals surface area contributed by atoms with Gasteiger partial charge in [0.15, 0.2) is 0 Å². The van der Waals surface area contributed by atoms with Gasteiger partial charge in [-0.05, 0) is 36.8 Å². The SMILES string of the molecule is Cc1cc(Cl)ccc1NC(=O)c1cc(S(=O)(=O)N2CCSCC2)c[nH]1. The van der Waals surface area contributed by atoms with Crippen molar-refractivity contribution in [1.29, 1.82) is 0 Å². The van der Waals surface area contributed by atoms with Gasteiger partial charge in [0, 0.05) is 41.5 Å². The number of thioether (sulfide) groups is 1. The lowest BCUT2D eigenvalue weighted by molar-refractivity contribution is 0.102. The third-order valence-electron chi connectivity index (χ3n) is 3.95. The normalized spacial score (nSPS) is 15.9. The maximum absolute atomic E-state index is 12.6. The molecule has 0 saturated carbocycles. The van der Waals surface area contributed by atoms with Gasteiger partial charge in [0.1, 0.15) is 10.6 Å². The molecule has 2 heterocycles. The van der Waals surface area contributed by atoms with Crippen LogP contribution in [-0.4, -0.2) is 48.2 Å². The number of aryl methyl sites for hydroxylation is 1. The van der Waals surface area contributed by atoms with E-state index < -0.39 is 15.9 Å². The Morgan fingerprint density at radius 1 is 1.28 bits per heavy atom. The Bertz CT molecular complexity index is 890. The van der Waals surface area contributed by atoms with E-state index in [4.69, 9.17) is 11.6 Å². The number of hydrogen-bond donors (Lipinski definition) is 2. The van der Waals surface area contributed by atoms with Gasteiger partial charge in [-0.2, -0.15) is 16.1 Å². The van der Waals surface area contributed by atoms with Gasteiger partial charge in [-0.3, -0.25) is 4.79 Å². The number of hydrogen-bond acceptors (Lipinski definition) is 4. The van der Waals surface area contributed by atoms with Gasteiger partial charge in [-0.25, -0.2) is 8.42 Å². The van der Waals surface area contributed by atoms with Crippen LogP contribution in [0.15, 0.2) is 35.4 Å². The molecule has 1 aromatic carbocycles. The molecular weight excluding hydrogens is 382 g/mol. The topological polar surface area (TPSA) is 82.3 Å². The van der Waals surface area contributed by atoms with Crippen molar-refractivity contribution in [2.75, 3.05) is 29.9 Å². The predicted octanol–water partition coefficient (Wildman–Crippen LogP) is 2.97. The lowest BCUT2D eigenvalue weighted by atomic mass is 10.2. The second-order valence-corrected chi connectivity index (χ2v) is 9.28. The molecule has 0 aliphatic carbocycles. The first-order chi connectivity index (χ1) is 11.9. The first kappa shape index (κ1) is 18.3. The number of H-pyrrole nitrogens is 1. The van der Waals surface area contributed by atoms with Gasteiger partial charge in [-0.15, -0.1) is 0 Å². The van der Waals surface area contributed by atoms with Gasteiger partial charge in [0.25, 0.3) is 5.91 Å². The summed E-state index contributed by atoms with van der Waals surface area (Å²) in [6.07, 6.45) is 1.36. The number of nitrogens with zero attached hydrogens (tertiary/aromatic N) is 1. The van der Waals surface area contributed by atoms with Crippen LogP contribution in [0.4, 0.5) is 5.69 Å². The summed E-state index contributed by atoms with van der Waals surface area (Å²) in [7, 11) is -3.57. The Labute approximate surface area is 156 Å². The molecule has 1 aromatic heterocycles. The van der Waals surface area contributed by atoms with Crippen molar-refractivity contribution < 1.29 is 13.2 Å². The maximum Gasteiger partial charge on any atom is 0.272 e. The van der Waals surface area contributed by atoms with Crippen LogP contribution >= 0.6 is 23.4 Å². The van der Waals surface area contributed by atoms with Crippen molar-refractivity contribution in [1.82, 2.24) is 9.29 Å². The summed E-state index contributed by atoms with van der Waals surface area (Å²) in [6.45, 7) is 2.81. The molecule has 3 rings (SSSR count). The van der Waals surface area contributed by atoms with E-state index in [1.54, 1.807) is 30.0 Å². The highest BCUT2D eigenvalue weighted by Crippen LogP contribution is 2.23. The molecule has 1 aliphatic rings. The van der Waals surface area contributed by atoms with Crippen LogP contribution in [0.25, 0.3) is 0 Å². The van der Waals surface area contributed by atoms with Crippen molar-refractivity contribution >= 4 is 45.0 Å². The van der Waals surface area contributed by atoms with E-state index >= 15 is 0 Å². The highest BCUT2D eigenvalue weighted by Gasteiger charge is 2.27. The molecule has 1 aliphatic heterocycles. The molecule has 25 heavy (non-hydrogen) atoms. The number of amides is 1. The van der Waals surface area contributed by atoms with Crippen LogP contribution in [0.5, 0.6) is 0 Å². The number of rotatable bonds is 4. The Morgan fingerprint density at radius 2 is 2.00 bits per heavy atom. The summed E-state index contributed by atoms with van der Waals surface area (Å²) in [5.74, 6) is 1.17. The molecule has 2 N–H and O–H groups in total. The first-order valence-corrected chi connectivity index (χ1v) is 10.7. The number of benzene rings is 1. The van der Waals surface area contributed by atoms with Crippen molar-refractivity contribution in [2.24, 2.45) is 0 Å². The average Bonchev–Trinajstić information content (AvgIpc) is 3.09. The van der Waals surface area contributed by atoms with E-state index in [-0.39, 0.29) is 10.6 Å². The van der Waals surface area contributed by atoms with E-state index in [0.29, 0.717) is 23.8 Å². The van der Waals surface area contributed by atoms with E-state index in [9.17, 15) is 13.2 Å². The van der Waals surface area contributed by atoms with E-state index in [0.717, 1.165) is 17.1 Å². The van der Waals surface area contributed by atoms with Gasteiger partial charge in [0.05, 0.1) is 0 Å². The van der Waals surface area contributed by atoms with Crippen LogP contribution in [0.3, 0.4) is 0 Å². The van der Waals surface area contributed by atoms with Crippen LogP contribution < -0.4 is 5.32 Å². The van der Waals surface area contributed by atoms with Crippen molar-refractivity contribution in [3.8, 4) is 0 Å². The number of aromatic nitrogens is 1. The summed E-state index contributed by atoms with van der Waals surface area (Å²) in [5, 5.41) is 3.34. The minimum atomic E-state index is -3.57. The summed E-state index contributed by atoms with van der Waals surface area (Å²) in [6, 6.07) is 6.51. The average molecular weight is 400 g/mol. The van der Waals surface area contributed by atoms with Gasteiger partial charge < -0.3 is 10.3 Å². The van der Waals surface area contributed by atoms with Crippen LogP contribution in [0, 0.1) is 6.92 Å². The standard InChI is InChI=1S/C16H18ClN3O3S2/c1-11-8-12(17)2-3-14(11)19-16(21)15-9-13(10-18-15)25(22,23)20-4-6-24-7-5-20/h2-3,8-10,18H,4-7H2,1H3,(H,19,21). The number of nitrogens with one attached hydrogen (secondary N) is 2. The zero-order valence-electron chi connectivity index (χ0n) is 13.6. The maximum atomic E-state index is 12.6. The third-order valence-corrected chi connectivity index (χ3v) is 7.00. The number of anilines is 1. The highest BCUT2D eigenvalue weighted by atomic mass is 35.5. The lowest BCUT2D eigenvalue weighted by Gasteiger charge is -2.24. The van der Waals surface area contributed by atoms with Crippen molar-refractivity contribution in [3.05, 3.63) is 46.7 Å². The minimum absolute atomic E-state index is 0.109. The zero-order valence-corrected chi connectivity index (χ0v) is 16.0. The Balaban J connectivity index is 1.77. The largest absolute Gasteiger partial charge is 0.356 e. The summed E-state index contributed by atoms with van der Waals surface area (Å²) >= 11 is 7.64. The van der Waals surface area contributed by atoms with Crippen LogP contribution in [-0.2, 0) is 10.0 Å². The summed E-state index contributed by atoms with van der Waals surface area (Å²) < 4.78 is 26.7. The number of sulfonamides is 1. The van der Waals surface area contributed by atoms with Gasteiger partial charge in [-0.1, -0.05) is 11.6 Å². The molecule has 0 bridgehead atoms. The van der Waals surface area contributed by atoms with Gasteiger partial charge >= 0.3 is 0 Å². The molecule has 0 spiro atoms. The molecule has 0 radical (unpaired) electrons. The second kappa shape index (κ2) is 7.41. The molecule has 1 saturated heterocycles. The summed E-state index contributed by atoms with van der Waals surface area (Å²) in [4.78, 5) is 15.2. The first-order valence-electron chi connectivity index (χ1n) is 7.72. The zero-order chi connectivity index (χ0) is 18.0. The smallest absolute Gasteiger partial charge is 0.272 e. The second-order valence-electron chi connectivity index (χ2n) is 5.68.